The molecule has 1 rings (SSSR count). The van der Waals surface area contributed by atoms with Crippen LogP contribution in [0, 0.1) is 17.3 Å². The summed E-state index contributed by atoms with van der Waals surface area (Å²) in [6.45, 7) is 9.88. The van der Waals surface area contributed by atoms with E-state index >= 15 is 0 Å². The zero-order valence-electron chi connectivity index (χ0n) is 15.4. The zero-order chi connectivity index (χ0) is 17.7. The molecule has 1 aliphatic carbocycles. The molecular weight excluding hydrogens is 288 g/mol. The SMILES string of the molecule is C/C1=C\CC[C@@](C)(O)/C=C/C(C(C)C)CC[C@](C)(CO)C(=O)C1. The molecule has 0 aromatic carbocycles. The van der Waals surface area contributed by atoms with E-state index in [2.05, 4.69) is 19.9 Å². The summed E-state index contributed by atoms with van der Waals surface area (Å²) in [7, 11) is 0. The molecule has 0 saturated heterocycles. The molecule has 3 heteroatoms. The molecule has 23 heavy (non-hydrogen) atoms. The maximum atomic E-state index is 12.6. The fourth-order valence-corrected chi connectivity index (χ4v) is 3.01. The van der Waals surface area contributed by atoms with E-state index in [0.717, 1.165) is 18.4 Å². The minimum atomic E-state index is -0.817. The molecule has 0 radical (unpaired) electrons. The number of allylic oxidation sites excluding steroid dienone is 3. The van der Waals surface area contributed by atoms with Crippen molar-refractivity contribution in [1.82, 2.24) is 0 Å². The summed E-state index contributed by atoms with van der Waals surface area (Å²) in [6.07, 6.45) is 9.35. The van der Waals surface area contributed by atoms with E-state index < -0.39 is 11.0 Å². The maximum absolute atomic E-state index is 12.6. The molecule has 0 fully saturated rings. The summed E-state index contributed by atoms with van der Waals surface area (Å²) in [5.41, 5.74) is -0.469. The molecule has 0 amide bonds. The van der Waals surface area contributed by atoms with Gasteiger partial charge in [0.1, 0.15) is 5.78 Å². The van der Waals surface area contributed by atoms with Crippen LogP contribution >= 0.6 is 0 Å². The Labute approximate surface area is 141 Å². The first kappa shape index (κ1) is 20.1. The molecule has 0 heterocycles. The maximum Gasteiger partial charge on any atom is 0.145 e. The van der Waals surface area contributed by atoms with Crippen LogP contribution in [0.4, 0.5) is 0 Å². The first-order chi connectivity index (χ1) is 10.6. The van der Waals surface area contributed by atoms with E-state index in [1.165, 1.54) is 0 Å². The molecule has 0 saturated carbocycles. The Morgan fingerprint density at radius 2 is 1.96 bits per heavy atom. The number of aliphatic hydroxyl groups excluding tert-OH is 1. The average Bonchev–Trinajstić information content (AvgIpc) is 2.45. The molecule has 1 aliphatic rings. The predicted molar refractivity (Wildman–Crippen MR) is 95.1 cm³/mol. The monoisotopic (exact) mass is 322 g/mol. The second kappa shape index (κ2) is 8.25. The van der Waals surface area contributed by atoms with Crippen LogP contribution in [0.25, 0.3) is 0 Å². The van der Waals surface area contributed by atoms with E-state index in [9.17, 15) is 15.0 Å². The van der Waals surface area contributed by atoms with Gasteiger partial charge in [0.15, 0.2) is 0 Å². The Bertz CT molecular complexity index is 460. The third kappa shape index (κ3) is 6.23. The van der Waals surface area contributed by atoms with Gasteiger partial charge in [-0.3, -0.25) is 4.79 Å². The van der Waals surface area contributed by atoms with Crippen LogP contribution in [0.1, 0.15) is 66.7 Å². The molecule has 132 valence electrons. The lowest BCUT2D eigenvalue weighted by Gasteiger charge is -2.29. The summed E-state index contributed by atoms with van der Waals surface area (Å²) < 4.78 is 0. The molecular formula is C20H34O3. The van der Waals surface area contributed by atoms with E-state index in [1.54, 1.807) is 0 Å². The number of rotatable bonds is 2. The summed E-state index contributed by atoms with van der Waals surface area (Å²) in [6, 6.07) is 0. The van der Waals surface area contributed by atoms with Crippen molar-refractivity contribution in [3.63, 3.8) is 0 Å². The first-order valence-corrected chi connectivity index (χ1v) is 8.81. The van der Waals surface area contributed by atoms with E-state index in [4.69, 9.17) is 0 Å². The summed E-state index contributed by atoms with van der Waals surface area (Å²) in [5, 5.41) is 20.3. The minimum absolute atomic E-state index is 0.106. The number of carbonyl (C=O) groups excluding carboxylic acids is 1. The van der Waals surface area contributed by atoms with Gasteiger partial charge in [-0.05, 0) is 51.4 Å². The Kier molecular flexibility index (Phi) is 7.22. The van der Waals surface area contributed by atoms with Crippen molar-refractivity contribution in [3.8, 4) is 0 Å². The van der Waals surface area contributed by atoms with Crippen LogP contribution in [0.2, 0.25) is 0 Å². The lowest BCUT2D eigenvalue weighted by atomic mass is 9.76. The van der Waals surface area contributed by atoms with Crippen molar-refractivity contribution in [3.05, 3.63) is 23.8 Å². The van der Waals surface area contributed by atoms with Gasteiger partial charge in [-0.25, -0.2) is 0 Å². The van der Waals surface area contributed by atoms with E-state index in [0.29, 0.717) is 31.1 Å². The van der Waals surface area contributed by atoms with Crippen LogP contribution < -0.4 is 0 Å². The molecule has 3 nitrogen and oxygen atoms in total. The van der Waals surface area contributed by atoms with Crippen LogP contribution in [-0.4, -0.2) is 28.2 Å². The second-order valence-corrected chi connectivity index (χ2v) is 8.07. The highest BCUT2D eigenvalue weighted by Crippen LogP contribution is 2.32. The predicted octanol–water partition coefficient (Wildman–Crippen LogP) is 4.04. The van der Waals surface area contributed by atoms with Crippen LogP contribution in [0.15, 0.2) is 23.8 Å². The molecule has 3 atom stereocenters. The van der Waals surface area contributed by atoms with Crippen molar-refractivity contribution in [2.75, 3.05) is 6.61 Å². The molecule has 0 aromatic rings. The van der Waals surface area contributed by atoms with Crippen LogP contribution in [-0.2, 0) is 4.79 Å². The summed E-state index contributed by atoms with van der Waals surface area (Å²) in [5.74, 6) is 0.853. The highest BCUT2D eigenvalue weighted by Gasteiger charge is 2.33. The number of aliphatic hydroxyl groups is 2. The summed E-state index contributed by atoms with van der Waals surface area (Å²) in [4.78, 5) is 12.6. The van der Waals surface area contributed by atoms with Crippen molar-refractivity contribution in [2.24, 2.45) is 17.3 Å². The van der Waals surface area contributed by atoms with Gasteiger partial charge in [-0.1, -0.05) is 44.6 Å². The third-order valence-corrected chi connectivity index (χ3v) is 5.19. The van der Waals surface area contributed by atoms with Gasteiger partial charge in [-0.2, -0.15) is 0 Å². The van der Waals surface area contributed by atoms with Crippen molar-refractivity contribution in [2.45, 2.75) is 72.3 Å². The van der Waals surface area contributed by atoms with Gasteiger partial charge in [0.2, 0.25) is 0 Å². The van der Waals surface area contributed by atoms with Gasteiger partial charge >= 0.3 is 0 Å². The van der Waals surface area contributed by atoms with Crippen LogP contribution in [0.5, 0.6) is 0 Å². The molecule has 0 aliphatic heterocycles. The molecule has 0 bridgehead atoms. The van der Waals surface area contributed by atoms with Crippen molar-refractivity contribution in [1.29, 1.82) is 0 Å². The average molecular weight is 322 g/mol. The van der Waals surface area contributed by atoms with Gasteiger partial charge in [0, 0.05) is 11.8 Å². The third-order valence-electron chi connectivity index (χ3n) is 5.19. The number of Topliss-reactive ketones (excluding diaryl/α,β-unsaturated/α-hetero) is 1. The fraction of sp³-hybridized carbons (Fsp3) is 0.750. The standard InChI is InChI=1S/C20H34O3/c1-15(2)17-8-11-19(4,14-21)18(22)13-16(3)7-6-10-20(5,23)12-9-17/h7,9,12,15,17,21,23H,6,8,10-11,13-14H2,1-5H3/b12-9+,16-7+/t17?,19-,20-/m1/s1. The number of ketones is 1. The van der Waals surface area contributed by atoms with Crippen molar-refractivity contribution >= 4 is 5.78 Å². The number of hydrogen-bond donors (Lipinski definition) is 2. The second-order valence-electron chi connectivity index (χ2n) is 8.07. The minimum Gasteiger partial charge on any atom is -0.395 e. The zero-order valence-corrected chi connectivity index (χ0v) is 15.4. The normalized spacial score (nSPS) is 38.2. The topological polar surface area (TPSA) is 57.5 Å². The highest BCUT2D eigenvalue weighted by molar-refractivity contribution is 5.86. The fourth-order valence-electron chi connectivity index (χ4n) is 3.01. The highest BCUT2D eigenvalue weighted by atomic mass is 16.3. The van der Waals surface area contributed by atoms with Gasteiger partial charge in [0.25, 0.3) is 0 Å². The Hall–Kier alpha value is -0.930. The molecule has 1 unspecified atom stereocenters. The Morgan fingerprint density at radius 3 is 2.52 bits per heavy atom. The summed E-state index contributed by atoms with van der Waals surface area (Å²) >= 11 is 0. The largest absolute Gasteiger partial charge is 0.395 e. The van der Waals surface area contributed by atoms with E-state index in [-0.39, 0.29) is 12.4 Å². The molecule has 0 aromatic heterocycles. The first-order valence-electron chi connectivity index (χ1n) is 8.81. The quantitative estimate of drug-likeness (QED) is 0.754. The number of carbonyl (C=O) groups is 1. The Morgan fingerprint density at radius 1 is 1.30 bits per heavy atom. The molecule has 0 spiro atoms. The lowest BCUT2D eigenvalue weighted by molar-refractivity contribution is -0.130. The van der Waals surface area contributed by atoms with Gasteiger partial charge in [0.05, 0.1) is 12.2 Å². The van der Waals surface area contributed by atoms with Gasteiger partial charge < -0.3 is 10.2 Å². The number of hydrogen-bond acceptors (Lipinski definition) is 3. The van der Waals surface area contributed by atoms with Gasteiger partial charge in [-0.15, -0.1) is 0 Å². The van der Waals surface area contributed by atoms with Crippen LogP contribution in [0.3, 0.4) is 0 Å². The van der Waals surface area contributed by atoms with Crippen molar-refractivity contribution < 1.29 is 15.0 Å². The lowest BCUT2D eigenvalue weighted by Crippen LogP contribution is -2.32. The Balaban J connectivity index is 3.08. The molecule has 2 N–H and O–H groups in total. The van der Waals surface area contributed by atoms with E-state index in [1.807, 2.05) is 32.9 Å². The smallest absolute Gasteiger partial charge is 0.145 e.